The van der Waals surface area contributed by atoms with Crippen LogP contribution in [0.25, 0.3) is 0 Å². The summed E-state index contributed by atoms with van der Waals surface area (Å²) in [5, 5.41) is 2.96. The van der Waals surface area contributed by atoms with E-state index < -0.39 is 0 Å². The molecule has 1 aliphatic heterocycles. The third-order valence-electron chi connectivity index (χ3n) is 4.65. The molecule has 138 valence electrons. The second-order valence-corrected chi connectivity index (χ2v) is 6.42. The van der Waals surface area contributed by atoms with Crippen molar-refractivity contribution in [3.8, 4) is 11.5 Å². The number of rotatable bonds is 5. The van der Waals surface area contributed by atoms with E-state index in [1.807, 2.05) is 49.4 Å². The van der Waals surface area contributed by atoms with E-state index in [1.54, 1.807) is 7.11 Å². The largest absolute Gasteiger partial charge is 0.497 e. The van der Waals surface area contributed by atoms with Gasteiger partial charge in [-0.2, -0.15) is 0 Å². The number of carbonyl (C=O) groups excluding carboxylic acids is 1. The molecule has 26 heavy (non-hydrogen) atoms. The maximum Gasteiger partial charge on any atom is 0.246 e. The van der Waals surface area contributed by atoms with Crippen LogP contribution in [0, 0.1) is 0 Å². The number of nitrogen functional groups attached to an aromatic ring is 1. The fraction of sp³-hybridized carbons (Fsp3) is 0.350. The Balaban J connectivity index is 1.79. The highest BCUT2D eigenvalue weighted by atomic mass is 16.5. The first-order valence-corrected chi connectivity index (χ1v) is 8.79. The first-order chi connectivity index (χ1) is 12.5. The third kappa shape index (κ3) is 3.69. The fourth-order valence-corrected chi connectivity index (χ4v) is 3.04. The normalized spacial score (nSPS) is 17.0. The first-order valence-electron chi connectivity index (χ1n) is 8.79. The number of hydrogen-bond acceptors (Lipinski definition) is 5. The van der Waals surface area contributed by atoms with Gasteiger partial charge in [-0.05, 0) is 49.7 Å². The minimum Gasteiger partial charge on any atom is -0.497 e. The molecule has 0 saturated heterocycles. The SMILES string of the molecule is CCC1CN(C(C)C(=O)Nc2ccc(OC)cc2)c2ccc(N)cc2O1. The molecule has 0 saturated carbocycles. The summed E-state index contributed by atoms with van der Waals surface area (Å²) in [7, 11) is 1.61. The van der Waals surface area contributed by atoms with Crippen molar-refractivity contribution in [3.05, 3.63) is 42.5 Å². The summed E-state index contributed by atoms with van der Waals surface area (Å²) < 4.78 is 11.1. The first kappa shape index (κ1) is 17.9. The van der Waals surface area contributed by atoms with E-state index in [0.29, 0.717) is 12.2 Å². The average Bonchev–Trinajstić information content (AvgIpc) is 2.66. The van der Waals surface area contributed by atoms with Crippen LogP contribution in [0.5, 0.6) is 11.5 Å². The van der Waals surface area contributed by atoms with E-state index >= 15 is 0 Å². The van der Waals surface area contributed by atoms with Gasteiger partial charge in [0.25, 0.3) is 0 Å². The Morgan fingerprint density at radius 1 is 1.35 bits per heavy atom. The molecular formula is C20H25N3O3. The standard InChI is InChI=1S/C20H25N3O3/c1-4-16-12-23(18-10-5-14(21)11-19(18)26-16)13(2)20(24)22-15-6-8-17(25-3)9-7-15/h5-11,13,16H,4,12,21H2,1-3H3,(H,22,24). The van der Waals surface area contributed by atoms with Crippen LogP contribution < -0.4 is 25.4 Å². The number of nitrogens with one attached hydrogen (secondary N) is 1. The van der Waals surface area contributed by atoms with Crippen LogP contribution >= 0.6 is 0 Å². The summed E-state index contributed by atoms with van der Waals surface area (Å²) >= 11 is 0. The quantitative estimate of drug-likeness (QED) is 0.805. The summed E-state index contributed by atoms with van der Waals surface area (Å²) in [4.78, 5) is 14.9. The van der Waals surface area contributed by atoms with Crippen molar-refractivity contribution in [3.63, 3.8) is 0 Å². The van der Waals surface area contributed by atoms with Crippen LogP contribution in [-0.2, 0) is 4.79 Å². The van der Waals surface area contributed by atoms with Gasteiger partial charge in [-0.15, -0.1) is 0 Å². The lowest BCUT2D eigenvalue weighted by atomic mass is 10.1. The Hall–Kier alpha value is -2.89. The number of anilines is 3. The van der Waals surface area contributed by atoms with Gasteiger partial charge in [0, 0.05) is 17.4 Å². The van der Waals surface area contributed by atoms with Crippen molar-refractivity contribution < 1.29 is 14.3 Å². The molecule has 2 unspecified atom stereocenters. The van der Waals surface area contributed by atoms with Gasteiger partial charge in [-0.1, -0.05) is 6.92 Å². The molecule has 0 aromatic heterocycles. The summed E-state index contributed by atoms with van der Waals surface area (Å²) in [6, 6.07) is 12.5. The summed E-state index contributed by atoms with van der Waals surface area (Å²) in [6.07, 6.45) is 0.887. The topological polar surface area (TPSA) is 76.8 Å². The maximum atomic E-state index is 12.8. The van der Waals surface area contributed by atoms with Gasteiger partial charge in [-0.3, -0.25) is 4.79 Å². The highest BCUT2D eigenvalue weighted by Crippen LogP contribution is 2.37. The third-order valence-corrected chi connectivity index (χ3v) is 4.65. The van der Waals surface area contributed by atoms with Crippen molar-refractivity contribution in [1.82, 2.24) is 0 Å². The van der Waals surface area contributed by atoms with Crippen molar-refractivity contribution in [2.24, 2.45) is 0 Å². The second kappa shape index (κ2) is 7.56. The average molecular weight is 355 g/mol. The molecule has 6 nitrogen and oxygen atoms in total. The summed E-state index contributed by atoms with van der Waals surface area (Å²) in [5.74, 6) is 1.41. The Labute approximate surface area is 153 Å². The number of nitrogens with zero attached hydrogens (tertiary/aromatic N) is 1. The number of fused-ring (bicyclic) bond motifs is 1. The zero-order valence-corrected chi connectivity index (χ0v) is 15.4. The summed E-state index contributed by atoms with van der Waals surface area (Å²) in [6.45, 7) is 4.63. The van der Waals surface area contributed by atoms with E-state index in [1.165, 1.54) is 0 Å². The monoisotopic (exact) mass is 355 g/mol. The number of ether oxygens (including phenoxy) is 2. The molecule has 0 radical (unpaired) electrons. The predicted octanol–water partition coefficient (Wildman–Crippen LogP) is 3.28. The second-order valence-electron chi connectivity index (χ2n) is 6.42. The molecule has 6 heteroatoms. The van der Waals surface area contributed by atoms with Gasteiger partial charge in [0.15, 0.2) is 0 Å². The number of amides is 1. The fourth-order valence-electron chi connectivity index (χ4n) is 3.04. The Kier molecular flexibility index (Phi) is 5.21. The van der Waals surface area contributed by atoms with Gasteiger partial charge < -0.3 is 25.4 Å². The predicted molar refractivity (Wildman–Crippen MR) is 104 cm³/mol. The van der Waals surface area contributed by atoms with E-state index in [2.05, 4.69) is 17.1 Å². The van der Waals surface area contributed by atoms with Crippen molar-refractivity contribution in [1.29, 1.82) is 0 Å². The molecule has 1 aliphatic rings. The van der Waals surface area contributed by atoms with Gasteiger partial charge in [0.2, 0.25) is 5.91 Å². The van der Waals surface area contributed by atoms with E-state index in [9.17, 15) is 4.79 Å². The molecule has 2 aromatic rings. The molecule has 3 rings (SSSR count). The molecular weight excluding hydrogens is 330 g/mol. The van der Waals surface area contributed by atoms with Crippen molar-refractivity contribution in [2.45, 2.75) is 32.4 Å². The Morgan fingerprint density at radius 2 is 2.08 bits per heavy atom. The highest BCUT2D eigenvalue weighted by Gasteiger charge is 2.31. The minimum absolute atomic E-state index is 0.0283. The van der Waals surface area contributed by atoms with E-state index in [-0.39, 0.29) is 18.1 Å². The van der Waals surface area contributed by atoms with Crippen LogP contribution in [0.1, 0.15) is 20.3 Å². The molecule has 0 bridgehead atoms. The van der Waals surface area contributed by atoms with Gasteiger partial charge in [0.1, 0.15) is 23.6 Å². The van der Waals surface area contributed by atoms with E-state index in [4.69, 9.17) is 15.2 Å². The van der Waals surface area contributed by atoms with Crippen LogP contribution in [0.2, 0.25) is 0 Å². The molecule has 0 fully saturated rings. The van der Waals surface area contributed by atoms with Crippen molar-refractivity contribution in [2.75, 3.05) is 29.6 Å². The molecule has 2 aromatic carbocycles. The number of carbonyl (C=O) groups is 1. The van der Waals surface area contributed by atoms with Gasteiger partial charge in [-0.25, -0.2) is 0 Å². The van der Waals surface area contributed by atoms with Crippen LogP contribution in [-0.4, -0.2) is 31.7 Å². The zero-order chi connectivity index (χ0) is 18.7. The lowest BCUT2D eigenvalue weighted by Gasteiger charge is -2.39. The van der Waals surface area contributed by atoms with Gasteiger partial charge in [0.05, 0.1) is 19.3 Å². The molecule has 3 N–H and O–H groups in total. The highest BCUT2D eigenvalue weighted by molar-refractivity contribution is 5.97. The molecule has 1 heterocycles. The molecule has 2 atom stereocenters. The van der Waals surface area contributed by atoms with E-state index in [0.717, 1.165) is 29.3 Å². The Bertz CT molecular complexity index is 776. The number of benzene rings is 2. The van der Waals surface area contributed by atoms with Crippen LogP contribution in [0.4, 0.5) is 17.1 Å². The van der Waals surface area contributed by atoms with Crippen molar-refractivity contribution >= 4 is 23.0 Å². The zero-order valence-electron chi connectivity index (χ0n) is 15.4. The van der Waals surface area contributed by atoms with Crippen LogP contribution in [0.15, 0.2) is 42.5 Å². The Morgan fingerprint density at radius 3 is 2.73 bits per heavy atom. The lowest BCUT2D eigenvalue weighted by molar-refractivity contribution is -0.117. The molecule has 0 spiro atoms. The minimum atomic E-state index is -0.350. The van der Waals surface area contributed by atoms with Crippen LogP contribution in [0.3, 0.4) is 0 Å². The summed E-state index contributed by atoms with van der Waals surface area (Å²) in [5.41, 5.74) is 8.16. The lowest BCUT2D eigenvalue weighted by Crippen LogP contribution is -2.49. The number of hydrogen-bond donors (Lipinski definition) is 2. The molecule has 1 amide bonds. The number of nitrogens with two attached hydrogens (primary N) is 1. The molecule has 0 aliphatic carbocycles. The maximum absolute atomic E-state index is 12.8. The smallest absolute Gasteiger partial charge is 0.246 e. The van der Waals surface area contributed by atoms with Gasteiger partial charge >= 0.3 is 0 Å². The number of methoxy groups -OCH3 is 1.